The van der Waals surface area contributed by atoms with Gasteiger partial charge in [-0.3, -0.25) is 4.79 Å². The number of hydrogen-bond donors (Lipinski definition) is 2. The van der Waals surface area contributed by atoms with E-state index < -0.39 is 34.9 Å². The number of aromatic nitrogens is 2. The minimum Gasteiger partial charge on any atom is -0.464 e. The molecule has 1 aromatic carbocycles. The zero-order chi connectivity index (χ0) is 19.3. The summed E-state index contributed by atoms with van der Waals surface area (Å²) in [6, 6.07) is 3.85. The van der Waals surface area contributed by atoms with Gasteiger partial charge in [0.15, 0.2) is 23.0 Å². The third kappa shape index (κ3) is 4.31. The molecule has 0 radical (unpaired) electrons. The summed E-state index contributed by atoms with van der Waals surface area (Å²) in [6.45, 7) is -0.0715. The third-order valence-corrected chi connectivity index (χ3v) is 3.43. The normalized spacial score (nSPS) is 10.8. The minimum absolute atomic E-state index is 0.0715. The van der Waals surface area contributed by atoms with Crippen LogP contribution in [0, 0.1) is 11.6 Å². The molecule has 2 aromatic rings. The Kier molecular flexibility index (Phi) is 6.18. The first kappa shape index (κ1) is 19.3. The Hall–Kier alpha value is -3.07. The standard InChI is InChI=1S/C16H13ClF2N4O3/c1-26-16(25)14-12(19)13(22-11(23-14)4-5-20)15(24)21-7-8-2-3-10(18)9(17)6-8/h2-6H,7,20H2,1H3,(H,21,24). The van der Waals surface area contributed by atoms with Crippen molar-refractivity contribution in [1.29, 1.82) is 0 Å². The summed E-state index contributed by atoms with van der Waals surface area (Å²) in [5.41, 5.74) is 4.34. The van der Waals surface area contributed by atoms with Crippen LogP contribution in [0.25, 0.3) is 6.08 Å². The van der Waals surface area contributed by atoms with Gasteiger partial charge in [-0.2, -0.15) is 0 Å². The molecule has 1 amide bonds. The Morgan fingerprint density at radius 3 is 2.62 bits per heavy atom. The first-order valence-electron chi connectivity index (χ1n) is 7.13. The zero-order valence-corrected chi connectivity index (χ0v) is 14.2. The van der Waals surface area contributed by atoms with Gasteiger partial charge in [0.05, 0.1) is 12.1 Å². The lowest BCUT2D eigenvalue weighted by Gasteiger charge is -2.09. The summed E-state index contributed by atoms with van der Waals surface area (Å²) in [7, 11) is 1.04. The van der Waals surface area contributed by atoms with E-state index in [1.807, 2.05) is 0 Å². The highest BCUT2D eigenvalue weighted by Gasteiger charge is 2.24. The molecule has 0 saturated heterocycles. The van der Waals surface area contributed by atoms with Crippen molar-refractivity contribution in [3.05, 3.63) is 63.8 Å². The molecule has 10 heteroatoms. The zero-order valence-electron chi connectivity index (χ0n) is 13.4. The summed E-state index contributed by atoms with van der Waals surface area (Å²) < 4.78 is 32.0. The predicted molar refractivity (Wildman–Crippen MR) is 89.1 cm³/mol. The third-order valence-electron chi connectivity index (χ3n) is 3.14. The number of carbonyl (C=O) groups excluding carboxylic acids is 2. The van der Waals surface area contributed by atoms with Crippen molar-refractivity contribution in [2.24, 2.45) is 5.73 Å². The summed E-state index contributed by atoms with van der Waals surface area (Å²) in [5.74, 6) is -3.98. The van der Waals surface area contributed by atoms with Gasteiger partial charge in [-0.1, -0.05) is 17.7 Å². The second kappa shape index (κ2) is 8.34. The molecule has 136 valence electrons. The maximum atomic E-state index is 14.4. The molecule has 0 atom stereocenters. The minimum atomic E-state index is -1.24. The van der Waals surface area contributed by atoms with E-state index in [0.29, 0.717) is 5.56 Å². The number of hydrogen-bond acceptors (Lipinski definition) is 6. The number of nitrogens with zero attached hydrogens (tertiary/aromatic N) is 2. The van der Waals surface area contributed by atoms with Crippen LogP contribution in [0.5, 0.6) is 0 Å². The first-order chi connectivity index (χ1) is 12.4. The van der Waals surface area contributed by atoms with Gasteiger partial charge in [-0.25, -0.2) is 23.5 Å². The Labute approximate surface area is 151 Å². The van der Waals surface area contributed by atoms with Gasteiger partial charge in [0.25, 0.3) is 5.91 Å². The van der Waals surface area contributed by atoms with E-state index in [-0.39, 0.29) is 17.4 Å². The van der Waals surface area contributed by atoms with Gasteiger partial charge in [0.1, 0.15) is 5.82 Å². The highest BCUT2D eigenvalue weighted by Crippen LogP contribution is 2.16. The number of methoxy groups -OCH3 is 1. The molecular formula is C16H13ClF2N4O3. The fourth-order valence-corrected chi connectivity index (χ4v) is 2.13. The maximum Gasteiger partial charge on any atom is 0.359 e. The Morgan fingerprint density at radius 1 is 1.31 bits per heavy atom. The molecule has 0 spiro atoms. The summed E-state index contributed by atoms with van der Waals surface area (Å²) in [6.07, 6.45) is 2.25. The van der Waals surface area contributed by atoms with Crippen LogP contribution in [-0.4, -0.2) is 29.0 Å². The van der Waals surface area contributed by atoms with Gasteiger partial charge in [-0.15, -0.1) is 0 Å². The molecule has 26 heavy (non-hydrogen) atoms. The van der Waals surface area contributed by atoms with Crippen LogP contribution in [0.3, 0.4) is 0 Å². The summed E-state index contributed by atoms with van der Waals surface area (Å²) >= 11 is 5.66. The van der Waals surface area contributed by atoms with Crippen LogP contribution in [0.4, 0.5) is 8.78 Å². The monoisotopic (exact) mass is 382 g/mol. The van der Waals surface area contributed by atoms with Crippen LogP contribution in [-0.2, 0) is 11.3 Å². The number of nitrogens with two attached hydrogens (primary N) is 1. The Bertz CT molecular complexity index is 890. The van der Waals surface area contributed by atoms with Gasteiger partial charge in [0.2, 0.25) is 0 Å². The van der Waals surface area contributed by atoms with Gasteiger partial charge < -0.3 is 15.8 Å². The lowest BCUT2D eigenvalue weighted by atomic mass is 10.2. The largest absolute Gasteiger partial charge is 0.464 e. The molecule has 0 aliphatic heterocycles. The van der Waals surface area contributed by atoms with E-state index in [9.17, 15) is 18.4 Å². The average molecular weight is 383 g/mol. The average Bonchev–Trinajstić information content (AvgIpc) is 2.63. The molecule has 3 N–H and O–H groups in total. The number of halogens is 3. The van der Waals surface area contributed by atoms with E-state index in [1.165, 1.54) is 18.2 Å². The molecule has 0 aliphatic carbocycles. The van der Waals surface area contributed by atoms with Gasteiger partial charge in [-0.05, 0) is 30.0 Å². The molecular weight excluding hydrogens is 370 g/mol. The maximum absolute atomic E-state index is 14.4. The molecule has 0 unspecified atom stereocenters. The van der Waals surface area contributed by atoms with Crippen molar-refractivity contribution >= 4 is 29.6 Å². The van der Waals surface area contributed by atoms with Crippen LogP contribution < -0.4 is 11.1 Å². The summed E-state index contributed by atoms with van der Waals surface area (Å²) in [4.78, 5) is 31.3. The highest BCUT2D eigenvalue weighted by atomic mass is 35.5. The number of benzene rings is 1. The van der Waals surface area contributed by atoms with E-state index in [2.05, 4.69) is 20.0 Å². The number of nitrogens with one attached hydrogen (secondary N) is 1. The topological polar surface area (TPSA) is 107 Å². The van der Waals surface area contributed by atoms with Crippen LogP contribution in [0.2, 0.25) is 5.02 Å². The second-order valence-electron chi connectivity index (χ2n) is 4.87. The van der Waals surface area contributed by atoms with E-state index in [4.69, 9.17) is 17.3 Å². The fourth-order valence-electron chi connectivity index (χ4n) is 1.92. The van der Waals surface area contributed by atoms with Gasteiger partial charge >= 0.3 is 5.97 Å². The molecule has 1 aromatic heterocycles. The first-order valence-corrected chi connectivity index (χ1v) is 7.51. The number of amides is 1. The number of rotatable bonds is 5. The smallest absolute Gasteiger partial charge is 0.359 e. The fraction of sp³-hybridized carbons (Fsp3) is 0.125. The van der Waals surface area contributed by atoms with Crippen LogP contribution in [0.15, 0.2) is 24.4 Å². The lowest BCUT2D eigenvalue weighted by molar-refractivity contribution is 0.0587. The molecule has 7 nitrogen and oxygen atoms in total. The quantitative estimate of drug-likeness (QED) is 0.766. The Morgan fingerprint density at radius 2 is 2.00 bits per heavy atom. The summed E-state index contributed by atoms with van der Waals surface area (Å²) in [5, 5.41) is 2.28. The van der Waals surface area contributed by atoms with E-state index in [1.54, 1.807) is 0 Å². The Balaban J connectivity index is 2.30. The van der Waals surface area contributed by atoms with Crippen molar-refractivity contribution in [3.63, 3.8) is 0 Å². The SMILES string of the molecule is COC(=O)c1nc(C=CN)nc(C(=O)NCc2ccc(F)c(Cl)c2)c1F. The molecule has 2 rings (SSSR count). The number of carbonyl (C=O) groups is 2. The van der Waals surface area contributed by atoms with Crippen molar-refractivity contribution in [1.82, 2.24) is 15.3 Å². The van der Waals surface area contributed by atoms with Crippen molar-refractivity contribution in [2.75, 3.05) is 7.11 Å². The van der Waals surface area contributed by atoms with Crippen LogP contribution >= 0.6 is 11.6 Å². The molecule has 0 fully saturated rings. The van der Waals surface area contributed by atoms with E-state index in [0.717, 1.165) is 19.4 Å². The van der Waals surface area contributed by atoms with E-state index >= 15 is 0 Å². The number of ether oxygens (including phenoxy) is 1. The van der Waals surface area contributed by atoms with Crippen LogP contribution in [0.1, 0.15) is 32.4 Å². The molecule has 1 heterocycles. The van der Waals surface area contributed by atoms with Crippen molar-refractivity contribution in [3.8, 4) is 0 Å². The van der Waals surface area contributed by atoms with Crippen molar-refractivity contribution < 1.29 is 23.1 Å². The molecule has 0 saturated carbocycles. The highest BCUT2D eigenvalue weighted by molar-refractivity contribution is 6.30. The molecule has 0 aliphatic rings. The number of esters is 1. The molecule has 0 bridgehead atoms. The van der Waals surface area contributed by atoms with Gasteiger partial charge in [0, 0.05) is 6.54 Å². The lowest BCUT2D eigenvalue weighted by Crippen LogP contribution is -2.27. The second-order valence-corrected chi connectivity index (χ2v) is 5.28. The predicted octanol–water partition coefficient (Wildman–Crippen LogP) is 2.05. The van der Waals surface area contributed by atoms with Crippen molar-refractivity contribution in [2.45, 2.75) is 6.54 Å².